The number of ether oxygens (including phenoxy) is 1. The fourth-order valence-electron chi connectivity index (χ4n) is 3.38. The second-order valence-electron chi connectivity index (χ2n) is 7.50. The highest BCUT2D eigenvalue weighted by Gasteiger charge is 2.37. The van der Waals surface area contributed by atoms with Crippen molar-refractivity contribution in [2.24, 2.45) is 0 Å². The van der Waals surface area contributed by atoms with E-state index in [1.807, 2.05) is 43.3 Å². The van der Waals surface area contributed by atoms with Gasteiger partial charge in [-0.05, 0) is 48.4 Å². The van der Waals surface area contributed by atoms with Crippen LogP contribution < -0.4 is 15.0 Å². The number of anilines is 1. The molecule has 0 aromatic heterocycles. The second-order valence-corrected chi connectivity index (χ2v) is 7.50. The molecule has 1 aliphatic rings. The van der Waals surface area contributed by atoms with Gasteiger partial charge in [-0.25, -0.2) is 14.5 Å². The SMILES string of the molecule is Cc1cccc(N2C(=O)NC(=O)/C(=C/c3ccccc3OC(=O)/C=C/c3ccccc3)C2=O)c1. The fourth-order valence-corrected chi connectivity index (χ4v) is 3.38. The van der Waals surface area contributed by atoms with Crippen molar-refractivity contribution < 1.29 is 23.9 Å². The zero-order chi connectivity index (χ0) is 24.1. The number of barbiturate groups is 1. The molecule has 1 fully saturated rings. The maximum atomic E-state index is 13.1. The first-order valence-electron chi connectivity index (χ1n) is 10.4. The van der Waals surface area contributed by atoms with Crippen LogP contribution in [0.1, 0.15) is 16.7 Å². The van der Waals surface area contributed by atoms with Gasteiger partial charge in [0.1, 0.15) is 11.3 Å². The predicted octanol–water partition coefficient (Wildman–Crippen LogP) is 4.28. The van der Waals surface area contributed by atoms with Gasteiger partial charge in [0.25, 0.3) is 11.8 Å². The molecule has 1 heterocycles. The molecule has 3 aromatic rings. The van der Waals surface area contributed by atoms with Crippen LogP contribution in [0.3, 0.4) is 0 Å². The Morgan fingerprint density at radius 1 is 0.912 bits per heavy atom. The number of hydrogen-bond acceptors (Lipinski definition) is 5. The Hall–Kier alpha value is -4.78. The van der Waals surface area contributed by atoms with E-state index in [9.17, 15) is 19.2 Å². The average molecular weight is 452 g/mol. The van der Waals surface area contributed by atoms with Gasteiger partial charge in [0.2, 0.25) is 0 Å². The van der Waals surface area contributed by atoms with Crippen LogP contribution in [0.5, 0.6) is 5.75 Å². The Balaban J connectivity index is 1.61. The van der Waals surface area contributed by atoms with Crippen molar-refractivity contribution in [2.45, 2.75) is 6.92 Å². The summed E-state index contributed by atoms with van der Waals surface area (Å²) in [5.41, 5.74) is 2.10. The minimum atomic E-state index is -0.830. The second kappa shape index (κ2) is 9.79. The summed E-state index contributed by atoms with van der Waals surface area (Å²) in [7, 11) is 0. The Morgan fingerprint density at radius 2 is 1.65 bits per heavy atom. The normalized spacial score (nSPS) is 15.0. The first-order valence-corrected chi connectivity index (χ1v) is 10.4. The van der Waals surface area contributed by atoms with Crippen molar-refractivity contribution >= 4 is 41.7 Å². The summed E-state index contributed by atoms with van der Waals surface area (Å²) in [5, 5.41) is 2.19. The van der Waals surface area contributed by atoms with Gasteiger partial charge in [0.15, 0.2) is 0 Å². The lowest BCUT2D eigenvalue weighted by atomic mass is 10.1. The highest BCUT2D eigenvalue weighted by molar-refractivity contribution is 6.39. The van der Waals surface area contributed by atoms with Gasteiger partial charge in [-0.1, -0.05) is 60.7 Å². The summed E-state index contributed by atoms with van der Waals surface area (Å²) in [6.45, 7) is 1.83. The lowest BCUT2D eigenvalue weighted by Crippen LogP contribution is -2.54. The predicted molar refractivity (Wildman–Crippen MR) is 128 cm³/mol. The minimum Gasteiger partial charge on any atom is -0.423 e. The number of amides is 4. The van der Waals surface area contributed by atoms with E-state index in [1.165, 1.54) is 12.2 Å². The molecule has 0 unspecified atom stereocenters. The third-order valence-corrected chi connectivity index (χ3v) is 5.00. The molecule has 3 aromatic carbocycles. The van der Waals surface area contributed by atoms with Crippen molar-refractivity contribution in [3.63, 3.8) is 0 Å². The number of carbonyl (C=O) groups is 4. The number of nitrogens with zero attached hydrogens (tertiary/aromatic N) is 1. The van der Waals surface area contributed by atoms with Crippen LogP contribution in [-0.2, 0) is 14.4 Å². The van der Waals surface area contributed by atoms with Gasteiger partial charge in [0, 0.05) is 11.6 Å². The number of nitrogens with one attached hydrogen (secondary N) is 1. The summed E-state index contributed by atoms with van der Waals surface area (Å²) in [5.74, 6) is -2.06. The van der Waals surface area contributed by atoms with Gasteiger partial charge in [-0.2, -0.15) is 0 Å². The van der Waals surface area contributed by atoms with Crippen molar-refractivity contribution in [1.82, 2.24) is 5.32 Å². The Labute approximate surface area is 196 Å². The van der Waals surface area contributed by atoms with E-state index >= 15 is 0 Å². The Kier molecular flexibility index (Phi) is 6.45. The van der Waals surface area contributed by atoms with E-state index in [0.717, 1.165) is 16.0 Å². The number of aryl methyl sites for hydroxylation is 1. The Morgan fingerprint density at radius 3 is 2.41 bits per heavy atom. The van der Waals surface area contributed by atoms with Crippen LogP contribution in [0.4, 0.5) is 10.5 Å². The summed E-state index contributed by atoms with van der Waals surface area (Å²) in [6, 6.07) is 21.7. The number of rotatable bonds is 5. The highest BCUT2D eigenvalue weighted by atomic mass is 16.5. The molecule has 0 atom stereocenters. The largest absolute Gasteiger partial charge is 0.423 e. The van der Waals surface area contributed by atoms with Gasteiger partial charge < -0.3 is 4.74 Å². The molecule has 7 nitrogen and oxygen atoms in total. The summed E-state index contributed by atoms with van der Waals surface area (Å²) < 4.78 is 5.43. The molecule has 0 aliphatic carbocycles. The molecule has 0 spiro atoms. The van der Waals surface area contributed by atoms with E-state index in [4.69, 9.17) is 4.74 Å². The lowest BCUT2D eigenvalue weighted by molar-refractivity contribution is -0.129. The highest BCUT2D eigenvalue weighted by Crippen LogP contribution is 2.26. The molecule has 1 aliphatic heterocycles. The van der Waals surface area contributed by atoms with Crippen LogP contribution in [0.2, 0.25) is 0 Å². The number of imide groups is 2. The lowest BCUT2D eigenvalue weighted by Gasteiger charge is -2.26. The summed E-state index contributed by atoms with van der Waals surface area (Å²) >= 11 is 0. The van der Waals surface area contributed by atoms with Gasteiger partial charge in [0.05, 0.1) is 5.69 Å². The van der Waals surface area contributed by atoms with Crippen LogP contribution in [-0.4, -0.2) is 23.8 Å². The zero-order valence-corrected chi connectivity index (χ0v) is 18.2. The van der Waals surface area contributed by atoms with Crippen molar-refractivity contribution in [2.75, 3.05) is 4.90 Å². The first kappa shape index (κ1) is 22.4. The quantitative estimate of drug-likeness (QED) is 0.270. The first-order chi connectivity index (χ1) is 16.4. The molecule has 0 saturated carbocycles. The molecule has 0 bridgehead atoms. The maximum Gasteiger partial charge on any atom is 0.336 e. The van der Waals surface area contributed by atoms with E-state index in [-0.39, 0.29) is 11.3 Å². The van der Waals surface area contributed by atoms with Crippen molar-refractivity contribution in [3.05, 3.63) is 107 Å². The summed E-state index contributed by atoms with van der Waals surface area (Å²) in [4.78, 5) is 51.2. The van der Waals surface area contributed by atoms with Gasteiger partial charge in [-0.15, -0.1) is 0 Å². The maximum absolute atomic E-state index is 13.1. The third-order valence-electron chi connectivity index (χ3n) is 5.00. The van der Waals surface area contributed by atoms with E-state index in [0.29, 0.717) is 11.3 Å². The molecule has 4 amide bonds. The van der Waals surface area contributed by atoms with E-state index in [1.54, 1.807) is 48.5 Å². The van der Waals surface area contributed by atoms with Crippen LogP contribution in [0.15, 0.2) is 90.5 Å². The number of esters is 1. The Bertz CT molecular complexity index is 1340. The summed E-state index contributed by atoms with van der Waals surface area (Å²) in [6.07, 6.45) is 4.21. The van der Waals surface area contributed by atoms with Crippen molar-refractivity contribution in [1.29, 1.82) is 0 Å². The molecule has 1 saturated heterocycles. The number of benzene rings is 3. The van der Waals surface area contributed by atoms with Crippen LogP contribution >= 0.6 is 0 Å². The average Bonchev–Trinajstić information content (AvgIpc) is 2.82. The van der Waals surface area contributed by atoms with Gasteiger partial charge >= 0.3 is 12.0 Å². The smallest absolute Gasteiger partial charge is 0.336 e. The number of hydrogen-bond donors (Lipinski definition) is 1. The minimum absolute atomic E-state index is 0.164. The fraction of sp³-hybridized carbons (Fsp3) is 0.0370. The van der Waals surface area contributed by atoms with Crippen LogP contribution in [0, 0.1) is 6.92 Å². The van der Waals surface area contributed by atoms with Crippen molar-refractivity contribution in [3.8, 4) is 5.75 Å². The van der Waals surface area contributed by atoms with Crippen LogP contribution in [0.25, 0.3) is 12.2 Å². The standard InChI is InChI=1S/C27H20N2O5/c1-18-8-7-12-21(16-18)29-26(32)22(25(31)28-27(29)33)17-20-11-5-6-13-23(20)34-24(30)15-14-19-9-3-2-4-10-19/h2-17H,1H3,(H,28,31,33)/b15-14+,22-17-. The number of urea groups is 1. The molecule has 0 radical (unpaired) electrons. The topological polar surface area (TPSA) is 92.8 Å². The van der Waals surface area contributed by atoms with E-state index < -0.39 is 23.8 Å². The van der Waals surface area contributed by atoms with Gasteiger partial charge in [-0.3, -0.25) is 14.9 Å². The molecule has 1 N–H and O–H groups in total. The molecule has 4 rings (SSSR count). The monoisotopic (exact) mass is 452 g/mol. The molecule has 7 heteroatoms. The zero-order valence-electron chi connectivity index (χ0n) is 18.2. The number of para-hydroxylation sites is 1. The molecular weight excluding hydrogens is 432 g/mol. The van der Waals surface area contributed by atoms with E-state index in [2.05, 4.69) is 5.32 Å². The third kappa shape index (κ3) is 4.99. The number of carbonyl (C=O) groups excluding carboxylic acids is 4. The molecular formula is C27H20N2O5. The molecule has 34 heavy (non-hydrogen) atoms. The molecule has 168 valence electrons.